The summed E-state index contributed by atoms with van der Waals surface area (Å²) in [5.41, 5.74) is 1.65. The van der Waals surface area contributed by atoms with Gasteiger partial charge in [0.1, 0.15) is 5.60 Å². The van der Waals surface area contributed by atoms with Crippen molar-refractivity contribution in [1.29, 1.82) is 0 Å². The van der Waals surface area contributed by atoms with Gasteiger partial charge in [0, 0.05) is 21.9 Å². The summed E-state index contributed by atoms with van der Waals surface area (Å²) < 4.78 is 12.6. The quantitative estimate of drug-likeness (QED) is 0.669. The minimum absolute atomic E-state index is 0.452. The van der Waals surface area contributed by atoms with E-state index in [1.54, 1.807) is 11.3 Å². The Morgan fingerprint density at radius 3 is 2.68 bits per heavy atom. The van der Waals surface area contributed by atoms with Crippen molar-refractivity contribution in [1.82, 2.24) is 0 Å². The lowest BCUT2D eigenvalue weighted by Crippen LogP contribution is -2.41. The van der Waals surface area contributed by atoms with Crippen LogP contribution < -0.4 is 0 Å². The van der Waals surface area contributed by atoms with E-state index in [0.29, 0.717) is 11.6 Å². The molecule has 6 heteroatoms. The van der Waals surface area contributed by atoms with Crippen LogP contribution in [0.4, 0.5) is 0 Å². The van der Waals surface area contributed by atoms with Crippen LogP contribution >= 0.6 is 34.5 Å². The summed E-state index contributed by atoms with van der Waals surface area (Å²) in [6, 6.07) is 9.97. The third-order valence-corrected chi connectivity index (χ3v) is 6.23. The zero-order chi connectivity index (χ0) is 15.7. The van der Waals surface area contributed by atoms with Gasteiger partial charge in [0.2, 0.25) is 0 Å². The van der Waals surface area contributed by atoms with Crippen molar-refractivity contribution in [3.8, 4) is 0 Å². The summed E-state index contributed by atoms with van der Waals surface area (Å²) in [6.45, 7) is 5.71. The minimum Gasteiger partial charge on any atom is -0.415 e. The second-order valence-electron chi connectivity index (χ2n) is 5.70. The van der Waals surface area contributed by atoms with Gasteiger partial charge in [0.05, 0.1) is 17.6 Å². The number of rotatable bonds is 5. The van der Waals surface area contributed by atoms with Crippen molar-refractivity contribution < 1.29 is 9.16 Å². The Morgan fingerprint density at radius 2 is 2.09 bits per heavy atom. The largest absolute Gasteiger partial charge is 0.415 e. The van der Waals surface area contributed by atoms with Gasteiger partial charge in [-0.25, -0.2) is 0 Å². The van der Waals surface area contributed by atoms with Crippen molar-refractivity contribution in [2.45, 2.75) is 31.7 Å². The minimum atomic E-state index is -1.03. The summed E-state index contributed by atoms with van der Waals surface area (Å²) >= 11 is 14.2. The van der Waals surface area contributed by atoms with Crippen LogP contribution in [-0.2, 0) is 21.4 Å². The fraction of sp³-hybridized carbons (Fsp3) is 0.375. The Hall–Kier alpha value is -0.363. The molecule has 2 heterocycles. The van der Waals surface area contributed by atoms with E-state index in [4.69, 9.17) is 32.4 Å². The van der Waals surface area contributed by atoms with E-state index in [2.05, 4.69) is 25.2 Å². The highest BCUT2D eigenvalue weighted by Crippen LogP contribution is 2.49. The van der Waals surface area contributed by atoms with E-state index in [1.807, 2.05) is 18.2 Å². The molecule has 118 valence electrons. The van der Waals surface area contributed by atoms with E-state index in [9.17, 15) is 0 Å². The fourth-order valence-electron chi connectivity index (χ4n) is 2.65. The topological polar surface area (TPSA) is 18.5 Å². The Morgan fingerprint density at radius 1 is 1.32 bits per heavy atom. The number of ether oxygens (including phenoxy) is 1. The molecule has 0 aliphatic carbocycles. The monoisotopic (exact) mass is 372 g/mol. The lowest BCUT2D eigenvalue weighted by Gasteiger charge is -2.42. The van der Waals surface area contributed by atoms with Crippen LogP contribution in [0.3, 0.4) is 0 Å². The highest BCUT2D eigenvalue weighted by atomic mass is 35.5. The second kappa shape index (κ2) is 6.63. The van der Waals surface area contributed by atoms with Gasteiger partial charge in [-0.1, -0.05) is 35.3 Å². The lowest BCUT2D eigenvalue weighted by molar-refractivity contribution is -0.123. The van der Waals surface area contributed by atoms with Gasteiger partial charge in [-0.2, -0.15) is 0 Å². The molecule has 22 heavy (non-hydrogen) atoms. The van der Waals surface area contributed by atoms with Crippen molar-refractivity contribution in [3.05, 3.63) is 55.7 Å². The average molecular weight is 373 g/mol. The van der Waals surface area contributed by atoms with Crippen molar-refractivity contribution in [2.75, 3.05) is 6.61 Å². The Bertz CT molecular complexity index is 668. The fourth-order valence-corrected chi connectivity index (χ4v) is 4.85. The van der Waals surface area contributed by atoms with Crippen LogP contribution in [-0.4, -0.2) is 15.6 Å². The predicted molar refractivity (Wildman–Crippen MR) is 95.8 cm³/mol. The Balaban J connectivity index is 1.94. The molecule has 2 aromatic rings. The summed E-state index contributed by atoms with van der Waals surface area (Å²) in [6.07, 6.45) is 0.920. The van der Waals surface area contributed by atoms with Gasteiger partial charge < -0.3 is 9.16 Å². The maximum absolute atomic E-state index is 6.51. The van der Waals surface area contributed by atoms with Crippen LogP contribution in [0.1, 0.15) is 22.4 Å². The maximum atomic E-state index is 6.51. The van der Waals surface area contributed by atoms with Crippen molar-refractivity contribution >= 4 is 43.6 Å². The van der Waals surface area contributed by atoms with E-state index in [0.717, 1.165) is 33.4 Å². The number of benzene rings is 1. The second-order valence-corrected chi connectivity index (χ2v) is 10.3. The molecule has 1 unspecified atom stereocenters. The molecule has 1 saturated heterocycles. The third-order valence-electron chi connectivity index (χ3n) is 3.83. The molecule has 3 rings (SSSR count). The van der Waals surface area contributed by atoms with Gasteiger partial charge in [0.25, 0.3) is 0 Å². The molecular formula is C16H18Cl2O2SSi. The molecule has 0 radical (unpaired) electrons. The Labute approximate surface area is 146 Å². The zero-order valence-electron chi connectivity index (χ0n) is 12.6. The summed E-state index contributed by atoms with van der Waals surface area (Å²) in [5, 5.41) is 0.716. The summed E-state index contributed by atoms with van der Waals surface area (Å²) in [4.78, 5) is 1.15. The molecular weight excluding hydrogens is 355 g/mol. The lowest BCUT2D eigenvalue weighted by atomic mass is 9.81. The summed E-state index contributed by atoms with van der Waals surface area (Å²) in [7, 11) is -1.03. The molecule has 0 bridgehead atoms. The molecule has 1 atom stereocenters. The predicted octanol–water partition coefficient (Wildman–Crippen LogP) is 5.22. The first-order valence-corrected chi connectivity index (χ1v) is 11.7. The van der Waals surface area contributed by atoms with Crippen LogP contribution in [0.15, 0.2) is 30.3 Å². The smallest absolute Gasteiger partial charge is 0.171 e. The van der Waals surface area contributed by atoms with Crippen LogP contribution in [0.25, 0.3) is 0 Å². The standard InChI is InChI=1S/C16H18Cl2O2SSi/c1-22(2)20-10-13-9-14(15(18)21-13)16(6-7-19-16)11-4-3-5-12(17)8-11/h3-5,8-9,22H,6-7,10H2,1-2H3. The normalized spacial score (nSPS) is 21.1. The van der Waals surface area contributed by atoms with Gasteiger partial charge in [-0.15, -0.1) is 11.3 Å². The molecule has 0 amide bonds. The van der Waals surface area contributed by atoms with E-state index in [-0.39, 0.29) is 0 Å². The van der Waals surface area contributed by atoms with E-state index in [1.165, 1.54) is 0 Å². The molecule has 0 saturated carbocycles. The highest BCUT2D eigenvalue weighted by Gasteiger charge is 2.44. The highest BCUT2D eigenvalue weighted by molar-refractivity contribution is 7.16. The average Bonchev–Trinajstić information content (AvgIpc) is 2.77. The molecule has 1 aromatic carbocycles. The first-order valence-electron chi connectivity index (χ1n) is 7.31. The number of halogens is 2. The molecule has 1 aliphatic heterocycles. The molecule has 2 nitrogen and oxygen atoms in total. The number of thiophene rings is 1. The Kier molecular flexibility index (Phi) is 4.97. The SMILES string of the molecule is C[SiH](C)OCc1cc(C2(c3cccc(Cl)c3)CCO2)c(Cl)s1. The van der Waals surface area contributed by atoms with Crippen LogP contribution in [0.5, 0.6) is 0 Å². The van der Waals surface area contributed by atoms with E-state index < -0.39 is 14.6 Å². The zero-order valence-corrected chi connectivity index (χ0v) is 16.0. The van der Waals surface area contributed by atoms with Gasteiger partial charge in [-0.3, -0.25) is 0 Å². The van der Waals surface area contributed by atoms with Gasteiger partial charge >= 0.3 is 0 Å². The summed E-state index contributed by atoms with van der Waals surface area (Å²) in [5.74, 6) is 0. The maximum Gasteiger partial charge on any atom is 0.171 e. The molecule has 0 spiro atoms. The molecule has 1 aliphatic rings. The van der Waals surface area contributed by atoms with Crippen molar-refractivity contribution in [2.24, 2.45) is 0 Å². The van der Waals surface area contributed by atoms with E-state index >= 15 is 0 Å². The van der Waals surface area contributed by atoms with Crippen LogP contribution in [0.2, 0.25) is 22.5 Å². The molecule has 1 fully saturated rings. The molecule has 1 aromatic heterocycles. The van der Waals surface area contributed by atoms with Crippen LogP contribution in [0, 0.1) is 0 Å². The first kappa shape index (κ1) is 16.5. The first-order chi connectivity index (χ1) is 10.5. The third kappa shape index (κ3) is 3.14. The van der Waals surface area contributed by atoms with Crippen molar-refractivity contribution in [3.63, 3.8) is 0 Å². The number of hydrogen-bond donors (Lipinski definition) is 0. The van der Waals surface area contributed by atoms with Gasteiger partial charge in [-0.05, 0) is 36.9 Å². The van der Waals surface area contributed by atoms with Gasteiger partial charge in [0.15, 0.2) is 9.04 Å². The number of hydrogen-bond acceptors (Lipinski definition) is 3. The molecule has 0 N–H and O–H groups in total.